The summed E-state index contributed by atoms with van der Waals surface area (Å²) in [6, 6.07) is 16.5. The molecule has 2 heterocycles. The lowest BCUT2D eigenvalue weighted by Gasteiger charge is -2.23. The van der Waals surface area contributed by atoms with Crippen molar-refractivity contribution in [1.82, 2.24) is 14.8 Å². The van der Waals surface area contributed by atoms with E-state index in [9.17, 15) is 19.2 Å². The maximum absolute atomic E-state index is 12.9. The van der Waals surface area contributed by atoms with Crippen molar-refractivity contribution in [2.45, 2.75) is 31.5 Å². The Kier molecular flexibility index (Phi) is 7.89. The van der Waals surface area contributed by atoms with Crippen LogP contribution in [0.1, 0.15) is 44.5 Å². The summed E-state index contributed by atoms with van der Waals surface area (Å²) in [6.07, 6.45) is -3.44. The molecule has 12 heteroatoms. The molecule has 0 unspecified atom stereocenters. The van der Waals surface area contributed by atoms with E-state index in [1.54, 1.807) is 60.7 Å². The quantitative estimate of drug-likeness (QED) is 0.324. The van der Waals surface area contributed by atoms with E-state index in [1.807, 2.05) is 0 Å². The Hall–Kier alpha value is -4.58. The Labute approximate surface area is 211 Å². The number of aromatic nitrogens is 3. The molecule has 0 bridgehead atoms. The highest BCUT2D eigenvalue weighted by Gasteiger charge is 2.51. The van der Waals surface area contributed by atoms with Crippen molar-refractivity contribution in [2.24, 2.45) is 0 Å². The van der Waals surface area contributed by atoms with E-state index in [0.29, 0.717) is 5.56 Å². The van der Waals surface area contributed by atoms with Gasteiger partial charge in [-0.3, -0.25) is 4.79 Å². The fourth-order valence-corrected chi connectivity index (χ4v) is 3.68. The van der Waals surface area contributed by atoms with Gasteiger partial charge in [0, 0.05) is 6.92 Å². The molecule has 1 aliphatic rings. The Balaban J connectivity index is 1.62. The van der Waals surface area contributed by atoms with Crippen LogP contribution in [0.25, 0.3) is 0 Å². The third-order valence-electron chi connectivity index (χ3n) is 5.37. The van der Waals surface area contributed by atoms with Gasteiger partial charge in [-0.25, -0.2) is 24.0 Å². The van der Waals surface area contributed by atoms with Crippen LogP contribution in [0.4, 0.5) is 0 Å². The SMILES string of the molecule is COC(=O)c1ncn([C@H]2O[C@@H](COC(=O)c3ccccc3)[C@@H](OC(=O)c3ccccc3)[C@@H]2OC(C)=O)n1. The molecule has 0 saturated carbocycles. The average molecular weight is 509 g/mol. The molecule has 0 aliphatic carbocycles. The molecule has 4 atom stereocenters. The normalized spacial score (nSPS) is 20.6. The van der Waals surface area contributed by atoms with Gasteiger partial charge in [0.15, 0.2) is 18.4 Å². The van der Waals surface area contributed by atoms with Gasteiger partial charge in [0.2, 0.25) is 0 Å². The molecule has 192 valence electrons. The van der Waals surface area contributed by atoms with Crippen LogP contribution < -0.4 is 0 Å². The Morgan fingerprint density at radius 1 is 0.865 bits per heavy atom. The van der Waals surface area contributed by atoms with Crippen LogP contribution >= 0.6 is 0 Å². The number of carbonyl (C=O) groups is 4. The number of ether oxygens (including phenoxy) is 5. The van der Waals surface area contributed by atoms with E-state index in [-0.39, 0.29) is 18.0 Å². The first kappa shape index (κ1) is 25.5. The predicted octanol–water partition coefficient (Wildman–Crippen LogP) is 1.98. The number of carbonyl (C=O) groups excluding carboxylic acids is 4. The van der Waals surface area contributed by atoms with Crippen molar-refractivity contribution in [2.75, 3.05) is 13.7 Å². The van der Waals surface area contributed by atoms with E-state index in [2.05, 4.69) is 14.8 Å². The third-order valence-corrected chi connectivity index (χ3v) is 5.37. The van der Waals surface area contributed by atoms with Gasteiger partial charge in [0.05, 0.1) is 18.2 Å². The summed E-state index contributed by atoms with van der Waals surface area (Å²) in [5, 5.41) is 4.04. The molecule has 1 aromatic heterocycles. The van der Waals surface area contributed by atoms with Crippen molar-refractivity contribution < 1.29 is 42.9 Å². The molecule has 0 spiro atoms. The van der Waals surface area contributed by atoms with Crippen LogP contribution in [0.5, 0.6) is 0 Å². The monoisotopic (exact) mass is 509 g/mol. The molecule has 37 heavy (non-hydrogen) atoms. The molecule has 1 aliphatic heterocycles. The maximum atomic E-state index is 12.9. The number of nitrogens with zero attached hydrogens (tertiary/aromatic N) is 3. The number of hydrogen-bond acceptors (Lipinski definition) is 11. The zero-order valence-electron chi connectivity index (χ0n) is 19.9. The van der Waals surface area contributed by atoms with Crippen molar-refractivity contribution in [3.8, 4) is 0 Å². The fraction of sp³-hybridized carbons (Fsp3) is 0.280. The van der Waals surface area contributed by atoms with Gasteiger partial charge < -0.3 is 23.7 Å². The first-order valence-corrected chi connectivity index (χ1v) is 11.2. The first-order chi connectivity index (χ1) is 17.9. The van der Waals surface area contributed by atoms with Crippen molar-refractivity contribution in [3.63, 3.8) is 0 Å². The van der Waals surface area contributed by atoms with Crippen LogP contribution in [0, 0.1) is 0 Å². The topological polar surface area (TPSA) is 145 Å². The Bertz CT molecular complexity index is 1260. The molecule has 2 aromatic carbocycles. The van der Waals surface area contributed by atoms with Crippen LogP contribution in [0.3, 0.4) is 0 Å². The van der Waals surface area contributed by atoms with Gasteiger partial charge in [0.1, 0.15) is 19.0 Å². The van der Waals surface area contributed by atoms with Gasteiger partial charge in [-0.1, -0.05) is 36.4 Å². The summed E-state index contributed by atoms with van der Waals surface area (Å²) < 4.78 is 28.3. The van der Waals surface area contributed by atoms with Crippen molar-refractivity contribution >= 4 is 23.9 Å². The smallest absolute Gasteiger partial charge is 0.377 e. The summed E-state index contributed by atoms with van der Waals surface area (Å²) in [4.78, 5) is 53.1. The molecular weight excluding hydrogens is 486 g/mol. The molecule has 0 radical (unpaired) electrons. The molecule has 1 saturated heterocycles. The molecule has 0 amide bonds. The summed E-state index contributed by atoms with van der Waals surface area (Å²) in [5.74, 6) is -3.07. The fourth-order valence-electron chi connectivity index (χ4n) is 3.68. The second-order valence-corrected chi connectivity index (χ2v) is 7.88. The van der Waals surface area contributed by atoms with E-state index in [1.165, 1.54) is 20.4 Å². The molecule has 1 fully saturated rings. The summed E-state index contributed by atoms with van der Waals surface area (Å²) in [7, 11) is 1.17. The van der Waals surface area contributed by atoms with Gasteiger partial charge in [-0.15, -0.1) is 5.10 Å². The Morgan fingerprint density at radius 2 is 1.49 bits per heavy atom. The van der Waals surface area contributed by atoms with Crippen LogP contribution in [0.15, 0.2) is 67.0 Å². The van der Waals surface area contributed by atoms with Gasteiger partial charge in [-0.05, 0) is 24.3 Å². The highest BCUT2D eigenvalue weighted by Crippen LogP contribution is 2.34. The highest BCUT2D eigenvalue weighted by atomic mass is 16.7. The molecule has 0 N–H and O–H groups in total. The Morgan fingerprint density at radius 3 is 2.08 bits per heavy atom. The second kappa shape index (κ2) is 11.4. The average Bonchev–Trinajstić information content (AvgIpc) is 3.53. The minimum absolute atomic E-state index is 0.251. The van der Waals surface area contributed by atoms with Gasteiger partial charge in [-0.2, -0.15) is 0 Å². The highest BCUT2D eigenvalue weighted by molar-refractivity contribution is 5.90. The molecular formula is C25H23N3O9. The zero-order valence-corrected chi connectivity index (χ0v) is 19.9. The number of hydrogen-bond donors (Lipinski definition) is 0. The zero-order chi connectivity index (χ0) is 26.4. The lowest BCUT2D eigenvalue weighted by Crippen LogP contribution is -2.41. The van der Waals surface area contributed by atoms with Crippen molar-refractivity contribution in [3.05, 3.63) is 83.9 Å². The molecule has 3 aromatic rings. The largest absolute Gasteiger partial charge is 0.463 e. The van der Waals surface area contributed by atoms with E-state index in [0.717, 1.165) is 4.68 Å². The summed E-state index contributed by atoms with van der Waals surface area (Å²) in [5.41, 5.74) is 0.562. The van der Waals surface area contributed by atoms with E-state index < -0.39 is 48.4 Å². The number of benzene rings is 2. The van der Waals surface area contributed by atoms with Crippen molar-refractivity contribution in [1.29, 1.82) is 0 Å². The first-order valence-electron chi connectivity index (χ1n) is 11.2. The van der Waals surface area contributed by atoms with Crippen LogP contribution in [-0.4, -0.2) is 70.7 Å². The van der Waals surface area contributed by atoms with Gasteiger partial charge >= 0.3 is 23.9 Å². The predicted molar refractivity (Wildman–Crippen MR) is 123 cm³/mol. The minimum atomic E-state index is -1.21. The van der Waals surface area contributed by atoms with Crippen LogP contribution in [-0.2, 0) is 28.5 Å². The van der Waals surface area contributed by atoms with Gasteiger partial charge in [0.25, 0.3) is 5.82 Å². The lowest BCUT2D eigenvalue weighted by molar-refractivity contribution is -0.156. The van der Waals surface area contributed by atoms with Crippen LogP contribution in [0.2, 0.25) is 0 Å². The molecule has 12 nitrogen and oxygen atoms in total. The van der Waals surface area contributed by atoms with E-state index in [4.69, 9.17) is 18.9 Å². The number of methoxy groups -OCH3 is 1. The second-order valence-electron chi connectivity index (χ2n) is 7.88. The summed E-state index contributed by atoms with van der Waals surface area (Å²) in [6.45, 7) is 0.838. The standard InChI is InChI=1S/C25H23N3O9/c1-15(29)35-20-19(37-24(31)17-11-7-4-8-12-17)18(13-34-23(30)16-9-5-3-6-10-16)36-22(20)28-14-26-21(27-28)25(32)33-2/h3-12,14,18-20,22H,13H2,1-2H3/t18-,19+,20-,22-/m0/s1. The summed E-state index contributed by atoms with van der Waals surface area (Å²) >= 11 is 0. The molecule has 4 rings (SSSR count). The lowest BCUT2D eigenvalue weighted by atomic mass is 10.1. The number of esters is 4. The van der Waals surface area contributed by atoms with E-state index >= 15 is 0 Å². The number of rotatable bonds is 8. The maximum Gasteiger partial charge on any atom is 0.377 e. The minimum Gasteiger partial charge on any atom is -0.463 e. The third kappa shape index (κ3) is 5.98.